The Hall–Kier alpha value is -4.28. The number of ether oxygens (including phenoxy) is 3. The molecule has 16 heteroatoms. The summed E-state index contributed by atoms with van der Waals surface area (Å²) < 4.78 is 33.9. The molecule has 13 nitrogen and oxygen atoms in total. The van der Waals surface area contributed by atoms with Gasteiger partial charge in [-0.1, -0.05) is 24.3 Å². The second-order valence-electron chi connectivity index (χ2n) is 9.95. The van der Waals surface area contributed by atoms with Crippen LogP contribution in [0.5, 0.6) is 5.88 Å². The number of fused-ring (bicyclic) bond motifs is 1. The van der Waals surface area contributed by atoms with Gasteiger partial charge in [0.15, 0.2) is 23.9 Å². The number of pyridine rings is 1. The van der Waals surface area contributed by atoms with Crippen LogP contribution >= 0.6 is 22.9 Å². The number of imidazole rings is 1. The highest BCUT2D eigenvalue weighted by atomic mass is 35.5. The van der Waals surface area contributed by atoms with Crippen LogP contribution in [0.2, 0.25) is 5.28 Å². The number of aromatic nitrogens is 6. The predicted molar refractivity (Wildman–Crippen MR) is 157 cm³/mol. The number of alkyl halides is 1. The molecule has 6 rings (SSSR count). The van der Waals surface area contributed by atoms with Crippen molar-refractivity contribution in [2.75, 3.05) is 19.5 Å². The summed E-state index contributed by atoms with van der Waals surface area (Å²) in [5.41, 5.74) is 8.03. The molecule has 5 heterocycles. The van der Waals surface area contributed by atoms with Crippen molar-refractivity contribution in [2.45, 2.75) is 36.6 Å². The van der Waals surface area contributed by atoms with E-state index in [1.807, 2.05) is 18.2 Å². The predicted octanol–water partition coefficient (Wildman–Crippen LogP) is 3.42. The van der Waals surface area contributed by atoms with Gasteiger partial charge < -0.3 is 30.2 Å². The number of carboxylic acid groups (broad SMARTS) is 1. The van der Waals surface area contributed by atoms with E-state index < -0.39 is 42.8 Å². The Kier molecular flexibility index (Phi) is 8.13. The summed E-state index contributed by atoms with van der Waals surface area (Å²) in [6.45, 7) is -0.475. The summed E-state index contributed by atoms with van der Waals surface area (Å²) in [5.74, 6) is -0.868. The second kappa shape index (κ2) is 12.0. The normalized spacial score (nSPS) is 21.4. The molecule has 4 N–H and O–H groups in total. The lowest BCUT2D eigenvalue weighted by atomic mass is 9.90. The van der Waals surface area contributed by atoms with Gasteiger partial charge in [0.2, 0.25) is 16.8 Å². The lowest BCUT2D eigenvalue weighted by Gasteiger charge is -2.30. The highest BCUT2D eigenvalue weighted by Crippen LogP contribution is 2.38. The molecular weight excluding hydrogens is 617 g/mol. The number of aliphatic carboxylic acids is 1. The highest BCUT2D eigenvalue weighted by molar-refractivity contribution is 7.07. The van der Waals surface area contributed by atoms with Gasteiger partial charge in [0, 0.05) is 23.6 Å². The average Bonchev–Trinajstić information content (AvgIpc) is 3.77. The van der Waals surface area contributed by atoms with E-state index in [0.29, 0.717) is 11.4 Å². The smallest absolute Gasteiger partial charge is 0.342 e. The van der Waals surface area contributed by atoms with Gasteiger partial charge in [-0.05, 0) is 34.9 Å². The number of carbonyl (C=O) groups is 1. The number of anilines is 1. The zero-order valence-electron chi connectivity index (χ0n) is 22.9. The van der Waals surface area contributed by atoms with Gasteiger partial charge in [0.25, 0.3) is 0 Å². The Balaban J connectivity index is 1.26. The molecular formula is C28H25ClFN7O6S. The molecule has 1 fully saturated rings. The van der Waals surface area contributed by atoms with Crippen molar-refractivity contribution in [3.63, 3.8) is 0 Å². The third-order valence-electron chi connectivity index (χ3n) is 7.36. The Morgan fingerprint density at radius 2 is 2.02 bits per heavy atom. The van der Waals surface area contributed by atoms with E-state index in [0.717, 1.165) is 11.1 Å². The molecule has 0 spiro atoms. The monoisotopic (exact) mass is 641 g/mol. The van der Waals surface area contributed by atoms with Crippen LogP contribution in [0.4, 0.5) is 10.2 Å². The highest BCUT2D eigenvalue weighted by Gasteiger charge is 2.49. The van der Waals surface area contributed by atoms with Crippen molar-refractivity contribution in [1.82, 2.24) is 29.5 Å². The Labute approximate surface area is 258 Å². The molecule has 0 unspecified atom stereocenters. The van der Waals surface area contributed by atoms with Crippen LogP contribution in [0.3, 0.4) is 0 Å². The molecule has 4 aromatic heterocycles. The molecule has 0 bridgehead atoms. The van der Waals surface area contributed by atoms with E-state index >= 15 is 4.39 Å². The van der Waals surface area contributed by atoms with Gasteiger partial charge in [-0.3, -0.25) is 4.57 Å². The zero-order chi connectivity index (χ0) is 31.0. The minimum absolute atomic E-state index is 0.00491. The fourth-order valence-electron chi connectivity index (χ4n) is 5.12. The van der Waals surface area contributed by atoms with Crippen molar-refractivity contribution < 1.29 is 33.6 Å². The first-order valence-electron chi connectivity index (χ1n) is 13.2. The topological polar surface area (TPSA) is 181 Å². The van der Waals surface area contributed by atoms with Crippen LogP contribution in [0.25, 0.3) is 22.3 Å². The molecule has 1 aliphatic rings. The second-order valence-corrected chi connectivity index (χ2v) is 11.0. The summed E-state index contributed by atoms with van der Waals surface area (Å²) in [6.07, 6.45) is -3.47. The van der Waals surface area contributed by atoms with Crippen LogP contribution in [0.15, 0.2) is 59.8 Å². The summed E-state index contributed by atoms with van der Waals surface area (Å²) in [6, 6.07) is 10.8. The Morgan fingerprint density at radius 3 is 2.73 bits per heavy atom. The van der Waals surface area contributed by atoms with Gasteiger partial charge in [-0.15, -0.1) is 11.3 Å². The first kappa shape index (κ1) is 29.8. The molecule has 1 saturated heterocycles. The number of hydrogen-bond acceptors (Lipinski definition) is 12. The summed E-state index contributed by atoms with van der Waals surface area (Å²) in [4.78, 5) is 33.4. The fourth-order valence-corrected chi connectivity index (χ4v) is 5.91. The number of rotatable bonds is 10. The quantitative estimate of drug-likeness (QED) is 0.189. The van der Waals surface area contributed by atoms with E-state index in [9.17, 15) is 15.0 Å². The minimum Gasteiger partial charge on any atom is -0.481 e. The van der Waals surface area contributed by atoms with Gasteiger partial charge in [-0.2, -0.15) is 9.97 Å². The zero-order valence-corrected chi connectivity index (χ0v) is 24.5. The van der Waals surface area contributed by atoms with Crippen LogP contribution in [0, 0.1) is 0 Å². The maximum atomic E-state index is 15.4. The lowest BCUT2D eigenvalue weighted by Crippen LogP contribution is -2.44. The third-order valence-corrected chi connectivity index (χ3v) is 8.11. The summed E-state index contributed by atoms with van der Waals surface area (Å²) in [7, 11) is 1.53. The van der Waals surface area contributed by atoms with E-state index in [1.54, 1.807) is 29.8 Å². The lowest BCUT2D eigenvalue weighted by molar-refractivity contribution is -0.177. The van der Waals surface area contributed by atoms with Crippen LogP contribution in [0.1, 0.15) is 17.5 Å². The van der Waals surface area contributed by atoms with Crippen molar-refractivity contribution in [1.29, 1.82) is 0 Å². The SMILES string of the molecule is COc1ncccc1-c1ccc(C[C@](OC[C@H]2O[C@@H](n3cnc4c(N)nc(Cl)nc43)[C@@H](F)[C@@H]2O)(C(=O)O)c2cscn2)cc1. The number of aliphatic hydroxyl groups is 1. The standard InChI is InChI=1S/C28H25ClFN7O6S/c1-41-24-16(3-2-8-32-24)15-6-4-14(5-7-15)9-28(26(39)40,18-11-44-13-34-18)42-10-17-21(38)19(30)25(43-17)37-12-33-20-22(31)35-27(29)36-23(20)37/h2-8,11-13,17,19,21,25,38H,9-10H2,1H3,(H,39,40)(H2,31,35,36)/t17-,19+,21-,25-,28-/m1/s1. The van der Waals surface area contributed by atoms with E-state index in [1.165, 1.54) is 34.9 Å². The molecule has 5 aromatic rings. The molecule has 1 aromatic carbocycles. The van der Waals surface area contributed by atoms with E-state index in [4.69, 9.17) is 31.5 Å². The van der Waals surface area contributed by atoms with Gasteiger partial charge in [0.1, 0.15) is 17.7 Å². The number of benzene rings is 1. The maximum Gasteiger partial charge on any atom is 0.342 e. The van der Waals surface area contributed by atoms with E-state index in [-0.39, 0.29) is 34.4 Å². The number of nitrogens with two attached hydrogens (primary N) is 1. The fraction of sp³-hybridized carbons (Fsp3) is 0.286. The molecule has 228 valence electrons. The number of aliphatic hydroxyl groups excluding tert-OH is 1. The van der Waals surface area contributed by atoms with Crippen LogP contribution < -0.4 is 10.5 Å². The van der Waals surface area contributed by atoms with E-state index in [2.05, 4.69) is 24.9 Å². The molecule has 5 atom stereocenters. The minimum atomic E-state index is -1.97. The molecule has 1 aliphatic heterocycles. The van der Waals surface area contributed by atoms with Crippen molar-refractivity contribution in [2.24, 2.45) is 0 Å². The van der Waals surface area contributed by atoms with Crippen molar-refractivity contribution in [3.05, 3.63) is 76.4 Å². The first-order chi connectivity index (χ1) is 21.2. The number of carboxylic acids is 1. The number of halogens is 2. The first-order valence-corrected chi connectivity index (χ1v) is 14.5. The largest absolute Gasteiger partial charge is 0.481 e. The average molecular weight is 642 g/mol. The number of nitrogen functional groups attached to an aromatic ring is 1. The maximum absolute atomic E-state index is 15.4. The molecule has 0 saturated carbocycles. The number of nitrogens with zero attached hydrogens (tertiary/aromatic N) is 6. The van der Waals surface area contributed by atoms with Crippen LogP contribution in [-0.4, -0.2) is 77.8 Å². The Morgan fingerprint density at radius 1 is 1.23 bits per heavy atom. The van der Waals surface area contributed by atoms with Crippen molar-refractivity contribution >= 4 is 45.9 Å². The molecule has 0 radical (unpaired) electrons. The van der Waals surface area contributed by atoms with Gasteiger partial charge in [0.05, 0.1) is 31.2 Å². The number of hydrogen-bond donors (Lipinski definition) is 3. The van der Waals surface area contributed by atoms with Crippen LogP contribution in [-0.2, 0) is 26.3 Å². The van der Waals surface area contributed by atoms with Gasteiger partial charge >= 0.3 is 5.97 Å². The number of thiazole rings is 1. The third kappa shape index (κ3) is 5.33. The number of methoxy groups -OCH3 is 1. The van der Waals surface area contributed by atoms with Gasteiger partial charge in [-0.25, -0.2) is 24.1 Å². The molecule has 0 amide bonds. The summed E-state index contributed by atoms with van der Waals surface area (Å²) in [5, 5.41) is 22.7. The van der Waals surface area contributed by atoms with Crippen molar-refractivity contribution in [3.8, 4) is 17.0 Å². The molecule has 0 aliphatic carbocycles. The molecule has 44 heavy (non-hydrogen) atoms. The Bertz CT molecular complexity index is 1790. The summed E-state index contributed by atoms with van der Waals surface area (Å²) >= 11 is 7.14.